The second-order valence-corrected chi connectivity index (χ2v) is 8.98. The zero-order chi connectivity index (χ0) is 23.0. The highest BCUT2D eigenvalue weighted by Gasteiger charge is 2.45. The molecule has 4 aromatic rings. The molecule has 0 saturated carbocycles. The first-order valence-electron chi connectivity index (χ1n) is 10.5. The first kappa shape index (κ1) is 21.2. The van der Waals surface area contributed by atoms with E-state index in [4.69, 9.17) is 4.98 Å². The minimum atomic E-state index is -1.48. The minimum absolute atomic E-state index is 0.273. The molecule has 1 unspecified atom stereocenters. The van der Waals surface area contributed by atoms with Crippen LogP contribution in [0, 0.1) is 6.92 Å². The monoisotopic (exact) mass is 461 g/mol. The van der Waals surface area contributed by atoms with Crippen molar-refractivity contribution in [2.75, 3.05) is 18.9 Å². The lowest BCUT2D eigenvalue weighted by molar-refractivity contribution is -0.143. The Balaban J connectivity index is 1.36. The van der Waals surface area contributed by atoms with Gasteiger partial charge in [-0.2, -0.15) is 5.10 Å². The van der Waals surface area contributed by atoms with Crippen LogP contribution in [0.1, 0.15) is 23.4 Å². The predicted octanol–water partition coefficient (Wildman–Crippen LogP) is 2.96. The number of aromatic amines is 1. The van der Waals surface area contributed by atoms with Gasteiger partial charge >= 0.3 is 0 Å². The Kier molecular flexibility index (Phi) is 5.39. The van der Waals surface area contributed by atoms with Gasteiger partial charge in [0.05, 0.1) is 17.9 Å². The van der Waals surface area contributed by atoms with E-state index in [1.807, 2.05) is 42.6 Å². The fourth-order valence-electron chi connectivity index (χ4n) is 3.88. The van der Waals surface area contributed by atoms with Crippen LogP contribution in [0.3, 0.4) is 0 Å². The number of aliphatic hydroxyl groups is 1. The largest absolute Gasteiger partial charge is 0.375 e. The summed E-state index contributed by atoms with van der Waals surface area (Å²) in [5.74, 6) is 0.223. The van der Waals surface area contributed by atoms with E-state index in [9.17, 15) is 9.90 Å². The zero-order valence-corrected chi connectivity index (χ0v) is 19.1. The number of rotatable bonds is 6. The summed E-state index contributed by atoms with van der Waals surface area (Å²) in [6.07, 6.45) is 2.07. The average Bonchev–Trinajstić information content (AvgIpc) is 3.55. The van der Waals surface area contributed by atoms with Gasteiger partial charge in [-0.05, 0) is 30.7 Å². The molecule has 168 valence electrons. The molecule has 3 N–H and O–H groups in total. The molecule has 9 nitrogen and oxygen atoms in total. The van der Waals surface area contributed by atoms with Crippen LogP contribution >= 0.6 is 11.3 Å². The van der Waals surface area contributed by atoms with E-state index in [1.54, 1.807) is 24.2 Å². The van der Waals surface area contributed by atoms with Gasteiger partial charge < -0.3 is 15.3 Å². The van der Waals surface area contributed by atoms with Gasteiger partial charge in [-0.15, -0.1) is 11.3 Å². The number of H-pyrrole nitrogens is 1. The van der Waals surface area contributed by atoms with Crippen LogP contribution in [-0.4, -0.2) is 54.7 Å². The number of aryl methyl sites for hydroxylation is 1. The van der Waals surface area contributed by atoms with Crippen LogP contribution in [0.5, 0.6) is 0 Å². The number of hydrogen-bond acceptors (Lipinski definition) is 8. The molecule has 1 aromatic carbocycles. The lowest BCUT2D eigenvalue weighted by atomic mass is 9.91. The van der Waals surface area contributed by atoms with Gasteiger partial charge in [-0.25, -0.2) is 15.0 Å². The standard InChI is InChI=1S/C23H23N7O2S/c1-14-10-17(29-28-14)12-25-22-24-8-6-18(27-22)19-13-33-20(26-19)15-4-3-5-16(11-15)23(32)7-9-30(2)21(23)31/h3-6,8,10-11,13,32H,7,9,12H2,1-2H3,(H,28,29)(H,24,25,27). The van der Waals surface area contributed by atoms with Crippen LogP contribution in [0.15, 0.2) is 48.0 Å². The van der Waals surface area contributed by atoms with E-state index in [2.05, 4.69) is 25.5 Å². The number of likely N-dealkylation sites (N-methyl/N-ethyl adjacent to an activating group) is 1. The molecule has 0 bridgehead atoms. The van der Waals surface area contributed by atoms with Crippen molar-refractivity contribution in [1.82, 2.24) is 30.0 Å². The molecule has 10 heteroatoms. The first-order valence-corrected chi connectivity index (χ1v) is 11.4. The van der Waals surface area contributed by atoms with Crippen molar-refractivity contribution in [2.24, 2.45) is 0 Å². The fourth-order valence-corrected chi connectivity index (χ4v) is 4.69. The normalized spacial score (nSPS) is 18.2. The van der Waals surface area contributed by atoms with Crippen molar-refractivity contribution in [3.63, 3.8) is 0 Å². The van der Waals surface area contributed by atoms with Crippen molar-refractivity contribution >= 4 is 23.2 Å². The molecule has 3 aromatic heterocycles. The zero-order valence-electron chi connectivity index (χ0n) is 18.2. The summed E-state index contributed by atoms with van der Waals surface area (Å²) in [5, 5.41) is 24.0. The molecule has 33 heavy (non-hydrogen) atoms. The molecule has 0 aliphatic carbocycles. The molecule has 1 aliphatic rings. The molecule has 5 rings (SSSR count). The SMILES string of the molecule is Cc1cc(CNc2nccc(-c3csc(-c4cccc(C5(O)CCN(C)C5=O)c4)n3)n2)n[nH]1. The Morgan fingerprint density at radius 1 is 1.24 bits per heavy atom. The minimum Gasteiger partial charge on any atom is -0.375 e. The summed E-state index contributed by atoms with van der Waals surface area (Å²) in [7, 11) is 1.71. The smallest absolute Gasteiger partial charge is 0.258 e. The van der Waals surface area contributed by atoms with Gasteiger partial charge in [-0.1, -0.05) is 18.2 Å². The van der Waals surface area contributed by atoms with Crippen molar-refractivity contribution in [3.8, 4) is 22.0 Å². The third kappa shape index (κ3) is 4.10. The first-order chi connectivity index (χ1) is 15.9. The van der Waals surface area contributed by atoms with Crippen molar-refractivity contribution in [2.45, 2.75) is 25.5 Å². The third-order valence-electron chi connectivity index (χ3n) is 5.71. The molecular formula is C23H23N7O2S. The lowest BCUT2D eigenvalue weighted by Crippen LogP contribution is -2.36. The number of benzene rings is 1. The van der Waals surface area contributed by atoms with Gasteiger partial charge in [0, 0.05) is 42.8 Å². The number of amides is 1. The predicted molar refractivity (Wildman–Crippen MR) is 125 cm³/mol. The van der Waals surface area contributed by atoms with Crippen molar-refractivity contribution in [3.05, 3.63) is 64.9 Å². The van der Waals surface area contributed by atoms with Gasteiger partial charge in [0.25, 0.3) is 5.91 Å². The molecule has 4 heterocycles. The Hall–Kier alpha value is -3.63. The van der Waals surface area contributed by atoms with Gasteiger partial charge in [0.1, 0.15) is 10.7 Å². The van der Waals surface area contributed by atoms with E-state index in [-0.39, 0.29) is 5.91 Å². The lowest BCUT2D eigenvalue weighted by Gasteiger charge is -2.21. The maximum Gasteiger partial charge on any atom is 0.258 e. The molecular weight excluding hydrogens is 438 g/mol. The number of anilines is 1. The van der Waals surface area contributed by atoms with E-state index >= 15 is 0 Å². The van der Waals surface area contributed by atoms with E-state index in [0.717, 1.165) is 27.7 Å². The Bertz CT molecular complexity index is 1320. The van der Waals surface area contributed by atoms with Crippen molar-refractivity contribution < 1.29 is 9.90 Å². The van der Waals surface area contributed by atoms with E-state index in [1.165, 1.54) is 11.3 Å². The molecule has 1 amide bonds. The van der Waals surface area contributed by atoms with Gasteiger partial charge in [-0.3, -0.25) is 9.89 Å². The van der Waals surface area contributed by atoms with Gasteiger partial charge in [0.15, 0.2) is 5.60 Å². The molecule has 1 atom stereocenters. The van der Waals surface area contributed by atoms with Crippen LogP contribution in [0.25, 0.3) is 22.0 Å². The summed E-state index contributed by atoms with van der Waals surface area (Å²) < 4.78 is 0. The van der Waals surface area contributed by atoms with Crippen LogP contribution in [0.2, 0.25) is 0 Å². The number of aromatic nitrogens is 5. The second kappa shape index (κ2) is 8.38. The highest BCUT2D eigenvalue weighted by atomic mass is 32.1. The Morgan fingerprint density at radius 3 is 2.88 bits per heavy atom. The number of thiazole rings is 1. The summed E-state index contributed by atoms with van der Waals surface area (Å²) in [6, 6.07) is 11.2. The quantitative estimate of drug-likeness (QED) is 0.404. The average molecular weight is 462 g/mol. The van der Waals surface area contributed by atoms with Crippen molar-refractivity contribution in [1.29, 1.82) is 0 Å². The van der Waals surface area contributed by atoms with Crippen LogP contribution in [-0.2, 0) is 16.9 Å². The Labute approximate surface area is 194 Å². The second-order valence-electron chi connectivity index (χ2n) is 8.12. The summed E-state index contributed by atoms with van der Waals surface area (Å²) in [4.78, 5) is 27.6. The number of nitrogens with zero attached hydrogens (tertiary/aromatic N) is 5. The molecule has 0 spiro atoms. The number of carbonyl (C=O) groups is 1. The van der Waals surface area contributed by atoms with E-state index in [0.29, 0.717) is 36.7 Å². The Morgan fingerprint density at radius 2 is 2.12 bits per heavy atom. The summed E-state index contributed by atoms with van der Waals surface area (Å²) in [5.41, 5.74) is 3.27. The summed E-state index contributed by atoms with van der Waals surface area (Å²) >= 11 is 1.48. The van der Waals surface area contributed by atoms with Crippen LogP contribution < -0.4 is 5.32 Å². The maximum absolute atomic E-state index is 12.5. The number of likely N-dealkylation sites (tertiary alicyclic amines) is 1. The molecule has 1 aliphatic heterocycles. The molecule has 1 fully saturated rings. The van der Waals surface area contributed by atoms with E-state index < -0.39 is 5.60 Å². The fraction of sp³-hybridized carbons (Fsp3) is 0.261. The molecule has 1 saturated heterocycles. The summed E-state index contributed by atoms with van der Waals surface area (Å²) in [6.45, 7) is 3.00. The number of hydrogen-bond donors (Lipinski definition) is 3. The topological polar surface area (TPSA) is 120 Å². The highest BCUT2D eigenvalue weighted by Crippen LogP contribution is 2.36. The number of nitrogens with one attached hydrogen (secondary N) is 2. The maximum atomic E-state index is 12.5. The third-order valence-corrected chi connectivity index (χ3v) is 6.60. The number of carbonyl (C=O) groups excluding carboxylic acids is 1. The molecule has 0 radical (unpaired) electrons. The van der Waals surface area contributed by atoms with Gasteiger partial charge in [0.2, 0.25) is 5.95 Å². The van der Waals surface area contributed by atoms with Crippen LogP contribution in [0.4, 0.5) is 5.95 Å². The highest BCUT2D eigenvalue weighted by molar-refractivity contribution is 7.13.